The summed E-state index contributed by atoms with van der Waals surface area (Å²) in [7, 11) is 0. The van der Waals surface area contributed by atoms with E-state index >= 15 is 0 Å². The largest absolute Gasteiger partial charge is 0.308 e. The quantitative estimate of drug-likeness (QED) is 0.169. The van der Waals surface area contributed by atoms with Crippen LogP contribution in [0.5, 0.6) is 0 Å². The van der Waals surface area contributed by atoms with Crippen molar-refractivity contribution in [3.63, 3.8) is 0 Å². The summed E-state index contributed by atoms with van der Waals surface area (Å²) < 4.78 is 2.51. The van der Waals surface area contributed by atoms with Gasteiger partial charge in [-0.1, -0.05) is 159 Å². The molecule has 2 heterocycles. The van der Waals surface area contributed by atoms with Crippen LogP contribution in [0, 0.1) is 0 Å². The van der Waals surface area contributed by atoms with E-state index in [2.05, 4.69) is 217 Å². The molecule has 0 spiro atoms. The summed E-state index contributed by atoms with van der Waals surface area (Å²) in [6.45, 7) is 4.69. The van der Waals surface area contributed by atoms with Gasteiger partial charge in [-0.15, -0.1) is 0 Å². The Bertz CT molecular complexity index is 3530. The van der Waals surface area contributed by atoms with Gasteiger partial charge in [0.05, 0.1) is 22.2 Å². The Balaban J connectivity index is 0.970. The van der Waals surface area contributed by atoms with E-state index in [1.54, 1.807) is 0 Å². The molecule has 282 valence electrons. The predicted octanol–water partition coefficient (Wildman–Crippen LogP) is 15.5. The molecule has 2 aromatic heterocycles. The monoisotopic (exact) mass is 764 g/mol. The first-order valence-electron chi connectivity index (χ1n) is 21.1. The normalized spacial score (nSPS) is 13.6. The van der Waals surface area contributed by atoms with Crippen molar-refractivity contribution in [2.24, 2.45) is 0 Å². The van der Waals surface area contributed by atoms with Crippen LogP contribution in [-0.4, -0.2) is 4.40 Å². The number of nitrogens with zero attached hydrogens (tertiary/aromatic N) is 2. The van der Waals surface area contributed by atoms with Crippen LogP contribution in [0.3, 0.4) is 0 Å². The zero-order valence-electron chi connectivity index (χ0n) is 33.6. The number of benzene rings is 9. The molecule has 11 aromatic rings. The van der Waals surface area contributed by atoms with E-state index in [0.29, 0.717) is 0 Å². The molecule has 0 atom stereocenters. The molecule has 0 N–H and O–H groups in total. The lowest BCUT2D eigenvalue weighted by Crippen LogP contribution is -2.14. The molecule has 2 nitrogen and oxygen atoms in total. The summed E-state index contributed by atoms with van der Waals surface area (Å²) in [5.74, 6) is 0. The van der Waals surface area contributed by atoms with Crippen LogP contribution in [0.25, 0.3) is 82.6 Å². The summed E-state index contributed by atoms with van der Waals surface area (Å²) in [4.78, 5) is 2.46. The summed E-state index contributed by atoms with van der Waals surface area (Å²) in [5.41, 5.74) is 23.0. The second-order valence-corrected chi connectivity index (χ2v) is 17.3. The Hall–Kier alpha value is -7.42. The molecule has 0 fully saturated rings. The first-order chi connectivity index (χ1) is 29.5. The van der Waals surface area contributed by atoms with Gasteiger partial charge in [-0.05, 0) is 122 Å². The van der Waals surface area contributed by atoms with Crippen molar-refractivity contribution in [2.75, 3.05) is 4.90 Å². The highest BCUT2D eigenvalue weighted by Crippen LogP contribution is 2.50. The number of para-hydroxylation sites is 3. The van der Waals surface area contributed by atoms with Gasteiger partial charge >= 0.3 is 0 Å². The Morgan fingerprint density at radius 2 is 0.933 bits per heavy atom. The van der Waals surface area contributed by atoms with Gasteiger partial charge in [0.15, 0.2) is 0 Å². The van der Waals surface area contributed by atoms with Crippen molar-refractivity contribution in [1.82, 2.24) is 4.40 Å². The zero-order chi connectivity index (χ0) is 39.7. The van der Waals surface area contributed by atoms with Crippen LogP contribution >= 0.6 is 0 Å². The third kappa shape index (κ3) is 4.65. The minimum absolute atomic E-state index is 0.0114. The average molecular weight is 765 g/mol. The number of anilines is 3. The van der Waals surface area contributed by atoms with E-state index in [9.17, 15) is 0 Å². The highest BCUT2D eigenvalue weighted by Gasteiger charge is 2.35. The SMILES string of the molecule is CC1(C)c2ccccc2-c2cc(-c3ccc(N(c4ccc(-c5ccc6c(c5)-c5ccccc5C6)cc4)c4cccc5c6cccc7c8ccccc8n(c45)c76)cc3)ccc21. The van der Waals surface area contributed by atoms with Gasteiger partial charge in [0.1, 0.15) is 0 Å². The highest BCUT2D eigenvalue weighted by molar-refractivity contribution is 6.25. The van der Waals surface area contributed by atoms with E-state index < -0.39 is 0 Å². The lowest BCUT2D eigenvalue weighted by Gasteiger charge is -2.27. The average Bonchev–Trinajstić information content (AvgIpc) is 4.02. The lowest BCUT2D eigenvalue weighted by molar-refractivity contribution is 0.660. The topological polar surface area (TPSA) is 7.65 Å². The van der Waals surface area contributed by atoms with Crippen molar-refractivity contribution in [3.05, 3.63) is 216 Å². The van der Waals surface area contributed by atoms with Crippen LogP contribution in [0.1, 0.15) is 36.1 Å². The van der Waals surface area contributed by atoms with Crippen LogP contribution < -0.4 is 4.90 Å². The number of aromatic nitrogens is 1. The molecule has 2 aliphatic rings. The van der Waals surface area contributed by atoms with Crippen molar-refractivity contribution < 1.29 is 0 Å². The molecule has 2 aliphatic carbocycles. The van der Waals surface area contributed by atoms with Crippen molar-refractivity contribution in [1.29, 1.82) is 0 Å². The lowest BCUT2D eigenvalue weighted by atomic mass is 9.82. The van der Waals surface area contributed by atoms with Crippen LogP contribution in [0.2, 0.25) is 0 Å². The molecule has 2 heteroatoms. The number of rotatable bonds is 5. The van der Waals surface area contributed by atoms with Gasteiger partial charge in [0.25, 0.3) is 0 Å². The van der Waals surface area contributed by atoms with Gasteiger partial charge in [0, 0.05) is 38.3 Å². The summed E-state index contributed by atoms with van der Waals surface area (Å²) in [5, 5.41) is 5.12. The molecule has 0 saturated carbocycles. The Labute approximate surface area is 349 Å². The third-order valence-electron chi connectivity index (χ3n) is 13.8. The second kappa shape index (κ2) is 12.3. The molecule has 13 rings (SSSR count). The van der Waals surface area contributed by atoms with E-state index in [1.165, 1.54) is 105 Å². The number of fused-ring (bicyclic) bond motifs is 12. The molecule has 0 saturated heterocycles. The molecule has 0 unspecified atom stereocenters. The van der Waals surface area contributed by atoms with Crippen LogP contribution in [0.15, 0.2) is 194 Å². The molecule has 9 aromatic carbocycles. The van der Waals surface area contributed by atoms with Crippen molar-refractivity contribution >= 4 is 55.2 Å². The summed E-state index contributed by atoms with van der Waals surface area (Å²) in [6.07, 6.45) is 1.01. The predicted molar refractivity (Wildman–Crippen MR) is 252 cm³/mol. The fourth-order valence-electron chi connectivity index (χ4n) is 10.9. The minimum Gasteiger partial charge on any atom is -0.308 e. The second-order valence-electron chi connectivity index (χ2n) is 17.3. The van der Waals surface area contributed by atoms with Gasteiger partial charge < -0.3 is 9.30 Å². The molecule has 0 radical (unpaired) electrons. The van der Waals surface area contributed by atoms with Gasteiger partial charge in [-0.3, -0.25) is 0 Å². The Morgan fingerprint density at radius 3 is 1.70 bits per heavy atom. The Morgan fingerprint density at radius 1 is 0.400 bits per heavy atom. The molecule has 0 amide bonds. The number of hydrogen-bond donors (Lipinski definition) is 0. The van der Waals surface area contributed by atoms with E-state index in [0.717, 1.165) is 23.5 Å². The third-order valence-corrected chi connectivity index (χ3v) is 13.8. The molecule has 0 bridgehead atoms. The molecular formula is C58H40N2. The fraction of sp³-hybridized carbons (Fsp3) is 0.0690. The molecule has 60 heavy (non-hydrogen) atoms. The van der Waals surface area contributed by atoms with Crippen LogP contribution in [0.4, 0.5) is 17.1 Å². The highest BCUT2D eigenvalue weighted by atomic mass is 15.2. The minimum atomic E-state index is -0.0114. The van der Waals surface area contributed by atoms with Gasteiger partial charge in [-0.25, -0.2) is 0 Å². The van der Waals surface area contributed by atoms with Crippen LogP contribution in [-0.2, 0) is 11.8 Å². The molecule has 0 aliphatic heterocycles. The van der Waals surface area contributed by atoms with E-state index in [-0.39, 0.29) is 5.41 Å². The summed E-state index contributed by atoms with van der Waals surface area (Å²) in [6, 6.07) is 72.6. The van der Waals surface area contributed by atoms with Gasteiger partial charge in [-0.2, -0.15) is 0 Å². The van der Waals surface area contributed by atoms with E-state index in [1.807, 2.05) is 0 Å². The zero-order valence-corrected chi connectivity index (χ0v) is 33.6. The van der Waals surface area contributed by atoms with Crippen molar-refractivity contribution in [2.45, 2.75) is 25.7 Å². The summed E-state index contributed by atoms with van der Waals surface area (Å²) >= 11 is 0. The smallest absolute Gasteiger partial charge is 0.0782 e. The van der Waals surface area contributed by atoms with Gasteiger partial charge in [0.2, 0.25) is 0 Å². The maximum Gasteiger partial charge on any atom is 0.0782 e. The maximum atomic E-state index is 2.51. The fourth-order valence-corrected chi connectivity index (χ4v) is 10.9. The maximum absolute atomic E-state index is 2.51. The first kappa shape index (κ1) is 33.5. The van der Waals surface area contributed by atoms with Crippen molar-refractivity contribution in [3.8, 4) is 44.5 Å². The van der Waals surface area contributed by atoms with E-state index in [4.69, 9.17) is 0 Å². The standard InChI is InChI=1S/C58H40N2/c1-58(2)52-18-7-5-13-45(52)51-35-39(27-32-53(51)58)37-25-30-43(31-26-37)59(42-28-23-36(24-29-42)38-21-22-41-33-40-11-3-4-12-44(40)50(41)34-38)55-20-10-17-49-48-16-9-15-47-46-14-6-8-19-54(46)60(56(47)48)57(49)55/h3-32,34-35H,33H2,1-2H3. The number of hydrogen-bond acceptors (Lipinski definition) is 1. The first-order valence-corrected chi connectivity index (χ1v) is 21.1. The Kier molecular flexibility index (Phi) is 6.88. The molecular weight excluding hydrogens is 725 g/mol.